The van der Waals surface area contributed by atoms with Gasteiger partial charge in [-0.05, 0) is 56.8 Å². The van der Waals surface area contributed by atoms with Crippen LogP contribution in [0, 0.1) is 5.92 Å². The summed E-state index contributed by atoms with van der Waals surface area (Å²) in [4.78, 5) is 30.5. The van der Waals surface area contributed by atoms with Crippen LogP contribution in [-0.2, 0) is 6.54 Å². The first kappa shape index (κ1) is 21.4. The molecule has 34 heavy (non-hydrogen) atoms. The number of pyridine rings is 1. The molecular formula is C28H30N2O4. The SMILES string of the molecule is COc1ccc2c3c(n(C[C@@H]4CCCN5CCCC[C@H]45)c(=O)c2c1OC)-c1ccccc1C3=O. The predicted octanol–water partition coefficient (Wildman–Crippen LogP) is 4.49. The van der Waals surface area contributed by atoms with Gasteiger partial charge in [0.15, 0.2) is 17.3 Å². The van der Waals surface area contributed by atoms with Gasteiger partial charge in [-0.25, -0.2) is 0 Å². The number of hydrogen-bond acceptors (Lipinski definition) is 5. The molecule has 0 radical (unpaired) electrons. The second-order valence-electron chi connectivity index (χ2n) is 9.74. The van der Waals surface area contributed by atoms with Gasteiger partial charge in [-0.15, -0.1) is 0 Å². The van der Waals surface area contributed by atoms with Crippen molar-refractivity contribution in [1.82, 2.24) is 9.47 Å². The Morgan fingerprint density at radius 1 is 0.912 bits per heavy atom. The molecule has 3 heterocycles. The highest BCUT2D eigenvalue weighted by molar-refractivity contribution is 6.27. The number of rotatable bonds is 4. The van der Waals surface area contributed by atoms with Gasteiger partial charge in [0.25, 0.3) is 5.56 Å². The molecule has 0 amide bonds. The van der Waals surface area contributed by atoms with Crippen molar-refractivity contribution >= 4 is 16.6 Å². The second-order valence-corrected chi connectivity index (χ2v) is 9.74. The molecule has 2 saturated heterocycles. The van der Waals surface area contributed by atoms with Gasteiger partial charge in [0.05, 0.1) is 30.9 Å². The van der Waals surface area contributed by atoms with E-state index >= 15 is 0 Å². The third-order valence-electron chi connectivity index (χ3n) is 8.08. The summed E-state index contributed by atoms with van der Waals surface area (Å²) in [5, 5.41) is 1.07. The molecule has 0 saturated carbocycles. The fourth-order valence-electron chi connectivity index (χ4n) is 6.58. The van der Waals surface area contributed by atoms with E-state index in [2.05, 4.69) is 4.90 Å². The van der Waals surface area contributed by atoms with Gasteiger partial charge in [-0.2, -0.15) is 0 Å². The van der Waals surface area contributed by atoms with E-state index in [4.69, 9.17) is 9.47 Å². The van der Waals surface area contributed by atoms with Crippen molar-refractivity contribution in [3.05, 3.63) is 57.9 Å². The summed E-state index contributed by atoms with van der Waals surface area (Å²) in [5.74, 6) is 1.25. The van der Waals surface area contributed by atoms with Gasteiger partial charge in [-0.1, -0.05) is 30.7 Å². The van der Waals surface area contributed by atoms with E-state index in [1.807, 2.05) is 34.9 Å². The Morgan fingerprint density at radius 3 is 2.50 bits per heavy atom. The lowest BCUT2D eigenvalue weighted by molar-refractivity contribution is 0.0517. The maximum absolute atomic E-state index is 14.2. The molecule has 2 aliphatic heterocycles. The zero-order chi connectivity index (χ0) is 23.4. The number of aromatic nitrogens is 1. The summed E-state index contributed by atoms with van der Waals surface area (Å²) < 4.78 is 13.1. The number of carbonyl (C=O) groups is 1. The minimum absolute atomic E-state index is 0.0282. The third-order valence-corrected chi connectivity index (χ3v) is 8.08. The molecule has 6 rings (SSSR count). The van der Waals surface area contributed by atoms with Crippen LogP contribution < -0.4 is 15.0 Å². The van der Waals surface area contributed by atoms with Crippen LogP contribution in [0.2, 0.25) is 0 Å². The number of methoxy groups -OCH3 is 2. The van der Waals surface area contributed by atoms with Gasteiger partial charge >= 0.3 is 0 Å². The quantitative estimate of drug-likeness (QED) is 0.451. The van der Waals surface area contributed by atoms with Crippen LogP contribution in [-0.4, -0.2) is 48.6 Å². The molecule has 0 unspecified atom stereocenters. The van der Waals surface area contributed by atoms with Crippen molar-refractivity contribution in [3.63, 3.8) is 0 Å². The third kappa shape index (κ3) is 3.04. The Labute approximate surface area is 199 Å². The highest BCUT2D eigenvalue weighted by atomic mass is 16.5. The summed E-state index contributed by atoms with van der Waals surface area (Å²) in [6, 6.07) is 11.8. The van der Waals surface area contributed by atoms with E-state index in [0.717, 1.165) is 37.2 Å². The number of carbonyl (C=O) groups excluding carboxylic acids is 1. The molecule has 3 aliphatic rings. The summed E-state index contributed by atoms with van der Waals surface area (Å²) in [6.45, 7) is 2.91. The standard InChI is InChI=1S/C28H30N2O4/c1-33-22-13-12-20-23-25(18-9-3-4-10-19(18)26(23)31)30(28(32)24(20)27(22)34-2)16-17-8-7-15-29-14-6-5-11-21(17)29/h3-4,9-10,12-13,17,21H,5-8,11,14-16H2,1-2H3/t17-,21+/m0/s1. The number of nitrogens with zero attached hydrogens (tertiary/aromatic N) is 2. The van der Waals surface area contributed by atoms with Crippen LogP contribution >= 0.6 is 0 Å². The van der Waals surface area contributed by atoms with E-state index < -0.39 is 0 Å². The van der Waals surface area contributed by atoms with Crippen LogP contribution in [0.25, 0.3) is 22.0 Å². The highest BCUT2D eigenvalue weighted by Crippen LogP contribution is 2.44. The van der Waals surface area contributed by atoms with Crippen molar-refractivity contribution in [1.29, 1.82) is 0 Å². The monoisotopic (exact) mass is 458 g/mol. The summed E-state index contributed by atoms with van der Waals surface area (Å²) in [7, 11) is 3.11. The second kappa shape index (κ2) is 8.27. The van der Waals surface area contributed by atoms with Crippen molar-refractivity contribution in [3.8, 4) is 22.8 Å². The lowest BCUT2D eigenvalue weighted by Crippen LogP contribution is -2.49. The van der Waals surface area contributed by atoms with Gasteiger partial charge in [-0.3, -0.25) is 9.59 Å². The Bertz CT molecular complexity index is 1360. The number of fused-ring (bicyclic) bond motifs is 6. The van der Waals surface area contributed by atoms with Gasteiger partial charge < -0.3 is 18.9 Å². The van der Waals surface area contributed by atoms with Crippen LogP contribution in [0.5, 0.6) is 11.5 Å². The van der Waals surface area contributed by atoms with E-state index in [0.29, 0.717) is 51.9 Å². The van der Waals surface area contributed by atoms with Crippen molar-refractivity contribution in [2.75, 3.05) is 27.3 Å². The number of piperidine rings is 2. The molecule has 3 aromatic rings. The van der Waals surface area contributed by atoms with E-state index in [-0.39, 0.29) is 11.3 Å². The zero-order valence-corrected chi connectivity index (χ0v) is 19.8. The Balaban J connectivity index is 1.61. The average molecular weight is 459 g/mol. The first-order valence-corrected chi connectivity index (χ1v) is 12.3. The number of hydrogen-bond donors (Lipinski definition) is 0. The Morgan fingerprint density at radius 2 is 1.71 bits per heavy atom. The Kier molecular flexibility index (Phi) is 5.21. The number of ketones is 1. The van der Waals surface area contributed by atoms with Crippen molar-refractivity contribution < 1.29 is 14.3 Å². The van der Waals surface area contributed by atoms with Crippen LogP contribution in [0.4, 0.5) is 0 Å². The molecule has 2 atom stereocenters. The molecule has 0 spiro atoms. The van der Waals surface area contributed by atoms with Crippen molar-refractivity contribution in [2.45, 2.75) is 44.7 Å². The first-order valence-electron chi connectivity index (χ1n) is 12.3. The predicted molar refractivity (Wildman–Crippen MR) is 132 cm³/mol. The van der Waals surface area contributed by atoms with Crippen LogP contribution in [0.15, 0.2) is 41.2 Å². The molecule has 176 valence electrons. The minimum Gasteiger partial charge on any atom is -0.493 e. The van der Waals surface area contributed by atoms with Gasteiger partial charge in [0.1, 0.15) is 0 Å². The number of ether oxygens (including phenoxy) is 2. The minimum atomic E-state index is -0.109. The topological polar surface area (TPSA) is 60.8 Å². The summed E-state index contributed by atoms with van der Waals surface area (Å²) in [5.41, 5.74) is 2.77. The van der Waals surface area contributed by atoms with E-state index in [9.17, 15) is 9.59 Å². The molecule has 0 N–H and O–H groups in total. The molecule has 2 aromatic carbocycles. The van der Waals surface area contributed by atoms with E-state index in [1.54, 1.807) is 20.3 Å². The molecule has 1 aliphatic carbocycles. The maximum Gasteiger partial charge on any atom is 0.262 e. The average Bonchev–Trinajstić information content (AvgIpc) is 3.18. The normalized spacial score (nSPS) is 21.8. The Hall–Kier alpha value is -3.12. The molecule has 2 fully saturated rings. The fourth-order valence-corrected chi connectivity index (χ4v) is 6.58. The number of benzene rings is 2. The molecular weight excluding hydrogens is 428 g/mol. The van der Waals surface area contributed by atoms with E-state index in [1.165, 1.54) is 19.3 Å². The molecule has 6 heteroatoms. The zero-order valence-electron chi connectivity index (χ0n) is 19.8. The highest BCUT2D eigenvalue weighted by Gasteiger charge is 2.37. The largest absolute Gasteiger partial charge is 0.493 e. The first-order chi connectivity index (χ1) is 16.6. The summed E-state index contributed by atoms with van der Waals surface area (Å²) >= 11 is 0. The molecule has 6 nitrogen and oxygen atoms in total. The lowest BCUT2D eigenvalue weighted by Gasteiger charge is -2.44. The maximum atomic E-state index is 14.2. The van der Waals surface area contributed by atoms with Crippen molar-refractivity contribution in [2.24, 2.45) is 5.92 Å². The fraction of sp³-hybridized carbons (Fsp3) is 0.429. The molecule has 0 bridgehead atoms. The van der Waals surface area contributed by atoms with Crippen LogP contribution in [0.3, 0.4) is 0 Å². The lowest BCUT2D eigenvalue weighted by atomic mass is 9.83. The van der Waals surface area contributed by atoms with Gasteiger partial charge in [0.2, 0.25) is 0 Å². The summed E-state index contributed by atoms with van der Waals surface area (Å²) in [6.07, 6.45) is 5.94. The smallest absolute Gasteiger partial charge is 0.262 e. The van der Waals surface area contributed by atoms with Crippen LogP contribution in [0.1, 0.15) is 48.0 Å². The van der Waals surface area contributed by atoms with Gasteiger partial charge in [0, 0.05) is 29.1 Å². The molecule has 1 aromatic heterocycles.